The fourth-order valence-corrected chi connectivity index (χ4v) is 3.65. The highest BCUT2D eigenvalue weighted by molar-refractivity contribution is 5.87. The van der Waals surface area contributed by atoms with Crippen molar-refractivity contribution in [3.05, 3.63) is 48.6 Å². The minimum atomic E-state index is -0.243. The summed E-state index contributed by atoms with van der Waals surface area (Å²) in [6.07, 6.45) is 4.54. The molecule has 1 aromatic rings. The molecule has 2 heterocycles. The predicted octanol–water partition coefficient (Wildman–Crippen LogP) is 2.20. The first kappa shape index (κ1) is 16.7. The van der Waals surface area contributed by atoms with E-state index in [0.717, 1.165) is 25.8 Å². The van der Waals surface area contributed by atoms with Crippen LogP contribution in [0.25, 0.3) is 0 Å². The Morgan fingerprint density at radius 3 is 2.88 bits per heavy atom. The summed E-state index contributed by atoms with van der Waals surface area (Å²) in [6.45, 7) is 4.53. The van der Waals surface area contributed by atoms with Crippen LogP contribution in [0.2, 0.25) is 0 Å². The zero-order chi connectivity index (χ0) is 16.9. The molecular formula is C19H24N2O3. The van der Waals surface area contributed by atoms with Crippen LogP contribution in [0.5, 0.6) is 0 Å². The Kier molecular flexibility index (Phi) is 5.30. The third-order valence-corrected chi connectivity index (χ3v) is 4.83. The summed E-state index contributed by atoms with van der Waals surface area (Å²) in [4.78, 5) is 25.7. The molecule has 24 heavy (non-hydrogen) atoms. The predicted molar refractivity (Wildman–Crippen MR) is 91.2 cm³/mol. The van der Waals surface area contributed by atoms with Gasteiger partial charge in [0.2, 0.25) is 11.8 Å². The Morgan fingerprint density at radius 1 is 1.33 bits per heavy atom. The van der Waals surface area contributed by atoms with Gasteiger partial charge in [-0.05, 0) is 24.5 Å². The van der Waals surface area contributed by atoms with E-state index in [9.17, 15) is 9.59 Å². The van der Waals surface area contributed by atoms with Gasteiger partial charge in [-0.3, -0.25) is 9.59 Å². The molecule has 1 N–H and O–H groups in total. The minimum Gasteiger partial charge on any atom is -0.368 e. The summed E-state index contributed by atoms with van der Waals surface area (Å²) in [6, 6.07) is 10.3. The summed E-state index contributed by atoms with van der Waals surface area (Å²) in [5.41, 5.74) is 1.18. The van der Waals surface area contributed by atoms with Crippen molar-refractivity contribution in [3.8, 4) is 0 Å². The molecule has 0 saturated carbocycles. The van der Waals surface area contributed by atoms with Crippen LogP contribution in [0.15, 0.2) is 43.0 Å². The lowest BCUT2D eigenvalue weighted by atomic mass is 9.95. The normalized spacial score (nSPS) is 25.8. The van der Waals surface area contributed by atoms with E-state index in [1.165, 1.54) is 11.6 Å². The molecule has 2 saturated heterocycles. The summed E-state index contributed by atoms with van der Waals surface area (Å²) in [7, 11) is 0. The standard InChI is InChI=1S/C19H24N2O3/c1-2-18(22)20-11-10-19(23)21-12-6-9-16-15(21)13-17(24-16)14-7-4-3-5-8-14/h2-5,7-8,15-17H,1,6,9-13H2,(H,20,22)/t15-,16-,17-/m0/s1. The number of ether oxygens (including phenoxy) is 1. The monoisotopic (exact) mass is 328 g/mol. The van der Waals surface area contributed by atoms with Crippen molar-refractivity contribution in [1.82, 2.24) is 10.2 Å². The molecule has 0 radical (unpaired) electrons. The van der Waals surface area contributed by atoms with E-state index >= 15 is 0 Å². The number of amides is 2. The fraction of sp³-hybridized carbons (Fsp3) is 0.474. The molecule has 3 rings (SSSR count). The van der Waals surface area contributed by atoms with Gasteiger partial charge >= 0.3 is 0 Å². The van der Waals surface area contributed by atoms with Gasteiger partial charge in [0, 0.05) is 25.9 Å². The number of nitrogens with zero attached hydrogens (tertiary/aromatic N) is 1. The van der Waals surface area contributed by atoms with Crippen molar-refractivity contribution in [1.29, 1.82) is 0 Å². The lowest BCUT2D eigenvalue weighted by Crippen LogP contribution is -2.49. The van der Waals surface area contributed by atoms with E-state index in [1.807, 2.05) is 23.1 Å². The molecule has 2 aliphatic heterocycles. The van der Waals surface area contributed by atoms with Crippen LogP contribution >= 0.6 is 0 Å². The topological polar surface area (TPSA) is 58.6 Å². The molecule has 2 amide bonds. The molecule has 1 aromatic carbocycles. The van der Waals surface area contributed by atoms with Crippen molar-refractivity contribution in [2.24, 2.45) is 0 Å². The van der Waals surface area contributed by atoms with E-state index < -0.39 is 0 Å². The Hall–Kier alpha value is -2.14. The van der Waals surface area contributed by atoms with Gasteiger partial charge in [-0.15, -0.1) is 0 Å². The number of fused-ring (bicyclic) bond motifs is 1. The van der Waals surface area contributed by atoms with Gasteiger partial charge in [-0.25, -0.2) is 0 Å². The number of piperidine rings is 1. The smallest absolute Gasteiger partial charge is 0.243 e. The van der Waals surface area contributed by atoms with Crippen LogP contribution in [0.4, 0.5) is 0 Å². The zero-order valence-electron chi connectivity index (χ0n) is 13.8. The average molecular weight is 328 g/mol. The largest absolute Gasteiger partial charge is 0.368 e. The third kappa shape index (κ3) is 3.67. The maximum atomic E-state index is 12.5. The second kappa shape index (κ2) is 7.62. The maximum Gasteiger partial charge on any atom is 0.243 e. The van der Waals surface area contributed by atoms with E-state index in [2.05, 4.69) is 24.0 Å². The SMILES string of the molecule is C=CC(=O)NCCC(=O)N1CCC[C@@H]2O[C@H](c3ccccc3)C[C@@H]21. The highest BCUT2D eigenvalue weighted by Gasteiger charge is 2.42. The number of carbonyl (C=O) groups excluding carboxylic acids is 2. The van der Waals surface area contributed by atoms with Crippen LogP contribution in [-0.2, 0) is 14.3 Å². The summed E-state index contributed by atoms with van der Waals surface area (Å²) in [5, 5.41) is 2.66. The Balaban J connectivity index is 1.60. The molecule has 2 fully saturated rings. The minimum absolute atomic E-state index is 0.0649. The molecule has 128 valence electrons. The maximum absolute atomic E-state index is 12.5. The van der Waals surface area contributed by atoms with Crippen molar-refractivity contribution >= 4 is 11.8 Å². The second-order valence-corrected chi connectivity index (χ2v) is 6.35. The molecule has 3 atom stereocenters. The van der Waals surface area contributed by atoms with Crippen LogP contribution < -0.4 is 5.32 Å². The first-order valence-electron chi connectivity index (χ1n) is 8.59. The average Bonchev–Trinajstić information content (AvgIpc) is 3.06. The van der Waals surface area contributed by atoms with Crippen molar-refractivity contribution in [3.63, 3.8) is 0 Å². The van der Waals surface area contributed by atoms with E-state index in [4.69, 9.17) is 4.74 Å². The molecular weight excluding hydrogens is 304 g/mol. The Morgan fingerprint density at radius 2 is 2.12 bits per heavy atom. The van der Waals surface area contributed by atoms with Crippen LogP contribution in [0, 0.1) is 0 Å². The van der Waals surface area contributed by atoms with Crippen LogP contribution in [-0.4, -0.2) is 41.9 Å². The number of likely N-dealkylation sites (tertiary alicyclic amines) is 1. The molecule has 0 aliphatic carbocycles. The molecule has 0 aromatic heterocycles. The van der Waals surface area contributed by atoms with Crippen LogP contribution in [0.1, 0.15) is 37.4 Å². The molecule has 0 unspecified atom stereocenters. The Labute approximate surface area is 142 Å². The van der Waals surface area contributed by atoms with Gasteiger partial charge in [0.05, 0.1) is 18.2 Å². The van der Waals surface area contributed by atoms with E-state index in [0.29, 0.717) is 13.0 Å². The quantitative estimate of drug-likeness (QED) is 0.843. The van der Waals surface area contributed by atoms with Gasteiger partial charge in [0.1, 0.15) is 0 Å². The van der Waals surface area contributed by atoms with Gasteiger partial charge < -0.3 is 15.0 Å². The number of rotatable bonds is 5. The number of nitrogens with one attached hydrogen (secondary N) is 1. The third-order valence-electron chi connectivity index (χ3n) is 4.83. The lowest BCUT2D eigenvalue weighted by Gasteiger charge is -2.36. The van der Waals surface area contributed by atoms with Gasteiger partial charge in [-0.2, -0.15) is 0 Å². The van der Waals surface area contributed by atoms with Gasteiger partial charge in [-0.1, -0.05) is 36.9 Å². The Bertz CT molecular complexity index is 602. The fourth-order valence-electron chi connectivity index (χ4n) is 3.65. The molecule has 5 heteroatoms. The number of carbonyl (C=O) groups is 2. The van der Waals surface area contributed by atoms with Crippen molar-refractivity contribution < 1.29 is 14.3 Å². The first-order chi connectivity index (χ1) is 11.7. The number of hydrogen-bond donors (Lipinski definition) is 1. The highest BCUT2D eigenvalue weighted by atomic mass is 16.5. The van der Waals surface area contributed by atoms with Gasteiger partial charge in [0.15, 0.2) is 0 Å². The number of hydrogen-bond acceptors (Lipinski definition) is 3. The molecule has 0 bridgehead atoms. The summed E-state index contributed by atoms with van der Waals surface area (Å²) >= 11 is 0. The number of benzene rings is 1. The van der Waals surface area contributed by atoms with Crippen LogP contribution in [0.3, 0.4) is 0 Å². The van der Waals surface area contributed by atoms with Crippen molar-refractivity contribution in [2.45, 2.75) is 43.9 Å². The van der Waals surface area contributed by atoms with E-state index in [1.54, 1.807) is 0 Å². The van der Waals surface area contributed by atoms with E-state index in [-0.39, 0.29) is 30.1 Å². The molecule has 5 nitrogen and oxygen atoms in total. The summed E-state index contributed by atoms with van der Waals surface area (Å²) < 4.78 is 6.22. The van der Waals surface area contributed by atoms with Gasteiger partial charge in [0.25, 0.3) is 0 Å². The summed E-state index contributed by atoms with van der Waals surface area (Å²) in [5.74, 6) is -0.154. The molecule has 2 aliphatic rings. The highest BCUT2D eigenvalue weighted by Crippen LogP contribution is 2.39. The lowest BCUT2D eigenvalue weighted by molar-refractivity contribution is -0.136. The first-order valence-corrected chi connectivity index (χ1v) is 8.59. The second-order valence-electron chi connectivity index (χ2n) is 6.35. The molecule has 0 spiro atoms. The van der Waals surface area contributed by atoms with Crippen molar-refractivity contribution in [2.75, 3.05) is 13.1 Å². The zero-order valence-corrected chi connectivity index (χ0v) is 13.8.